The van der Waals surface area contributed by atoms with Gasteiger partial charge < -0.3 is 24.4 Å². The van der Waals surface area contributed by atoms with E-state index in [2.05, 4.69) is 20.2 Å². The second kappa shape index (κ2) is 10.9. The molecule has 1 atom stereocenters. The molecule has 0 saturated carbocycles. The molecule has 4 rings (SSSR count). The van der Waals surface area contributed by atoms with E-state index in [1.807, 2.05) is 49.4 Å². The lowest BCUT2D eigenvalue weighted by Crippen LogP contribution is -2.43. The molecule has 0 unspecified atom stereocenters. The molecule has 8 nitrogen and oxygen atoms in total. The van der Waals surface area contributed by atoms with Gasteiger partial charge in [0.1, 0.15) is 17.2 Å². The molecule has 1 N–H and O–H groups in total. The SMILES string of the molecule is COc1cc(CNC(=O)[C@H]2CCCN(c3nccnc3Oc3ccccc3C)C2)cc(OC)c1. The minimum atomic E-state index is -0.158. The van der Waals surface area contributed by atoms with Crippen molar-refractivity contribution in [2.75, 3.05) is 32.2 Å². The van der Waals surface area contributed by atoms with Crippen LogP contribution in [-0.2, 0) is 11.3 Å². The van der Waals surface area contributed by atoms with E-state index < -0.39 is 0 Å². The van der Waals surface area contributed by atoms with Crippen LogP contribution in [0.1, 0.15) is 24.0 Å². The highest BCUT2D eigenvalue weighted by Gasteiger charge is 2.28. The maximum absolute atomic E-state index is 13.0. The summed E-state index contributed by atoms with van der Waals surface area (Å²) in [6.45, 7) is 3.73. The highest BCUT2D eigenvalue weighted by Crippen LogP contribution is 2.32. The summed E-state index contributed by atoms with van der Waals surface area (Å²) in [7, 11) is 3.22. The number of carbonyl (C=O) groups is 1. The monoisotopic (exact) mass is 462 g/mol. The number of nitrogens with one attached hydrogen (secondary N) is 1. The number of hydrogen-bond acceptors (Lipinski definition) is 7. The third kappa shape index (κ3) is 5.57. The average Bonchev–Trinajstić information content (AvgIpc) is 2.88. The molecule has 2 aromatic carbocycles. The molecule has 0 radical (unpaired) electrons. The number of benzene rings is 2. The van der Waals surface area contributed by atoms with Crippen molar-refractivity contribution in [1.82, 2.24) is 15.3 Å². The van der Waals surface area contributed by atoms with Crippen molar-refractivity contribution < 1.29 is 19.0 Å². The summed E-state index contributed by atoms with van der Waals surface area (Å²) < 4.78 is 16.7. The largest absolute Gasteiger partial charge is 0.497 e. The first kappa shape index (κ1) is 23.4. The first-order chi connectivity index (χ1) is 16.6. The van der Waals surface area contributed by atoms with Gasteiger partial charge in [-0.2, -0.15) is 0 Å². The minimum Gasteiger partial charge on any atom is -0.497 e. The normalized spacial score (nSPS) is 15.5. The van der Waals surface area contributed by atoms with Crippen LogP contribution in [0.5, 0.6) is 23.1 Å². The third-order valence-electron chi connectivity index (χ3n) is 5.92. The van der Waals surface area contributed by atoms with E-state index >= 15 is 0 Å². The fourth-order valence-electron chi connectivity index (χ4n) is 4.07. The van der Waals surface area contributed by atoms with Crippen molar-refractivity contribution in [3.63, 3.8) is 0 Å². The van der Waals surface area contributed by atoms with Crippen LogP contribution in [0.25, 0.3) is 0 Å². The molecular formula is C26H30N4O4. The Labute approximate surface area is 199 Å². The number of amides is 1. The minimum absolute atomic E-state index is 0.0109. The van der Waals surface area contributed by atoms with Crippen molar-refractivity contribution in [3.8, 4) is 23.1 Å². The number of rotatable bonds is 8. The molecule has 2 heterocycles. The predicted octanol–water partition coefficient (Wildman–Crippen LogP) is 4.13. The van der Waals surface area contributed by atoms with Gasteiger partial charge in [0.2, 0.25) is 5.91 Å². The fraction of sp³-hybridized carbons (Fsp3) is 0.346. The quantitative estimate of drug-likeness (QED) is 0.539. The molecule has 0 aliphatic carbocycles. The van der Waals surface area contributed by atoms with E-state index in [1.165, 1.54) is 0 Å². The number of aryl methyl sites for hydroxylation is 1. The van der Waals surface area contributed by atoms with Crippen LogP contribution in [0.15, 0.2) is 54.9 Å². The maximum Gasteiger partial charge on any atom is 0.263 e. The third-order valence-corrected chi connectivity index (χ3v) is 5.92. The molecule has 1 fully saturated rings. The molecule has 3 aromatic rings. The summed E-state index contributed by atoms with van der Waals surface area (Å²) in [5.74, 6) is 3.07. The van der Waals surface area contributed by atoms with Crippen LogP contribution in [0, 0.1) is 12.8 Å². The number of methoxy groups -OCH3 is 2. The molecule has 0 spiro atoms. The van der Waals surface area contributed by atoms with Crippen molar-refractivity contribution >= 4 is 11.7 Å². The summed E-state index contributed by atoms with van der Waals surface area (Å²) in [6.07, 6.45) is 4.97. The lowest BCUT2D eigenvalue weighted by molar-refractivity contribution is -0.125. The summed E-state index contributed by atoms with van der Waals surface area (Å²) in [6, 6.07) is 13.4. The zero-order valence-corrected chi connectivity index (χ0v) is 19.8. The number of nitrogens with zero attached hydrogens (tertiary/aromatic N) is 3. The van der Waals surface area contributed by atoms with Crippen LogP contribution < -0.4 is 24.4 Å². The van der Waals surface area contributed by atoms with Gasteiger partial charge in [-0.05, 0) is 49.1 Å². The van der Waals surface area contributed by atoms with Crippen molar-refractivity contribution in [3.05, 3.63) is 66.0 Å². The average molecular weight is 463 g/mol. The zero-order chi connectivity index (χ0) is 23.9. The first-order valence-electron chi connectivity index (χ1n) is 11.4. The van der Waals surface area contributed by atoms with Crippen LogP contribution in [0.3, 0.4) is 0 Å². The fourth-order valence-corrected chi connectivity index (χ4v) is 4.07. The highest BCUT2D eigenvalue weighted by atomic mass is 16.5. The highest BCUT2D eigenvalue weighted by molar-refractivity contribution is 5.79. The Hall–Kier alpha value is -3.81. The summed E-state index contributed by atoms with van der Waals surface area (Å²) in [4.78, 5) is 24.0. The Bertz CT molecular complexity index is 1120. The van der Waals surface area contributed by atoms with Gasteiger partial charge in [-0.25, -0.2) is 9.97 Å². The molecule has 1 aliphatic heterocycles. The van der Waals surface area contributed by atoms with Gasteiger partial charge >= 0.3 is 0 Å². The van der Waals surface area contributed by atoms with Crippen LogP contribution in [0.2, 0.25) is 0 Å². The Morgan fingerprint density at radius 3 is 2.56 bits per heavy atom. The van der Waals surface area contributed by atoms with Crippen LogP contribution in [-0.4, -0.2) is 43.2 Å². The van der Waals surface area contributed by atoms with Gasteiger partial charge in [-0.1, -0.05) is 18.2 Å². The molecule has 34 heavy (non-hydrogen) atoms. The van der Waals surface area contributed by atoms with Gasteiger partial charge in [-0.3, -0.25) is 4.79 Å². The first-order valence-corrected chi connectivity index (χ1v) is 11.4. The van der Waals surface area contributed by atoms with E-state index in [0.717, 1.165) is 36.3 Å². The number of carbonyl (C=O) groups excluding carboxylic acids is 1. The molecule has 178 valence electrons. The molecule has 1 saturated heterocycles. The van der Waals surface area contributed by atoms with E-state index in [9.17, 15) is 4.79 Å². The smallest absolute Gasteiger partial charge is 0.263 e. The number of ether oxygens (including phenoxy) is 3. The molecule has 1 aromatic heterocycles. The van der Waals surface area contributed by atoms with E-state index in [-0.39, 0.29) is 11.8 Å². The summed E-state index contributed by atoms with van der Waals surface area (Å²) >= 11 is 0. The van der Waals surface area contributed by atoms with Crippen molar-refractivity contribution in [2.24, 2.45) is 5.92 Å². The molecule has 8 heteroatoms. The lowest BCUT2D eigenvalue weighted by atomic mass is 9.97. The number of para-hydroxylation sites is 1. The van der Waals surface area contributed by atoms with Crippen LogP contribution >= 0.6 is 0 Å². The van der Waals surface area contributed by atoms with Crippen molar-refractivity contribution in [2.45, 2.75) is 26.3 Å². The Morgan fingerprint density at radius 1 is 1.09 bits per heavy atom. The maximum atomic E-state index is 13.0. The predicted molar refractivity (Wildman–Crippen MR) is 130 cm³/mol. The number of hydrogen-bond donors (Lipinski definition) is 1. The zero-order valence-electron chi connectivity index (χ0n) is 19.8. The Kier molecular flexibility index (Phi) is 7.47. The lowest BCUT2D eigenvalue weighted by Gasteiger charge is -2.33. The molecule has 1 amide bonds. The Morgan fingerprint density at radius 2 is 1.82 bits per heavy atom. The van der Waals surface area contributed by atoms with E-state index in [1.54, 1.807) is 26.6 Å². The summed E-state index contributed by atoms with van der Waals surface area (Å²) in [5, 5.41) is 3.06. The second-order valence-electron chi connectivity index (χ2n) is 8.28. The van der Waals surface area contributed by atoms with Crippen molar-refractivity contribution in [1.29, 1.82) is 0 Å². The molecule has 0 bridgehead atoms. The second-order valence-corrected chi connectivity index (χ2v) is 8.28. The number of aromatic nitrogens is 2. The topological polar surface area (TPSA) is 85.8 Å². The van der Waals surface area contributed by atoms with Gasteiger partial charge in [0.05, 0.1) is 20.1 Å². The van der Waals surface area contributed by atoms with Gasteiger partial charge in [0.25, 0.3) is 5.88 Å². The van der Waals surface area contributed by atoms with E-state index in [0.29, 0.717) is 36.3 Å². The molecule has 1 aliphatic rings. The van der Waals surface area contributed by atoms with Gasteiger partial charge in [0, 0.05) is 38.1 Å². The van der Waals surface area contributed by atoms with Gasteiger partial charge in [0.15, 0.2) is 5.82 Å². The van der Waals surface area contributed by atoms with Crippen LogP contribution in [0.4, 0.5) is 5.82 Å². The number of piperidine rings is 1. The Balaban J connectivity index is 1.43. The molecular weight excluding hydrogens is 432 g/mol. The van der Waals surface area contributed by atoms with E-state index in [4.69, 9.17) is 14.2 Å². The number of anilines is 1. The van der Waals surface area contributed by atoms with Gasteiger partial charge in [-0.15, -0.1) is 0 Å². The standard InChI is InChI=1S/C26H30N4O4/c1-18-7-4-5-9-23(18)34-26-24(27-10-11-28-26)30-12-6-8-20(17-30)25(31)29-16-19-13-21(32-2)15-22(14-19)33-3/h4-5,7,9-11,13-15,20H,6,8,12,16-17H2,1-3H3,(H,29,31)/t20-/m0/s1. The summed E-state index contributed by atoms with van der Waals surface area (Å²) in [5.41, 5.74) is 1.93.